The van der Waals surface area contributed by atoms with Gasteiger partial charge in [0.2, 0.25) is 5.56 Å². The van der Waals surface area contributed by atoms with E-state index in [-0.39, 0.29) is 11.1 Å². The minimum atomic E-state index is -1.03. The molecule has 0 spiro atoms. The molecule has 0 saturated heterocycles. The van der Waals surface area contributed by atoms with Crippen molar-refractivity contribution in [1.29, 1.82) is 0 Å². The third kappa shape index (κ3) is 1.78. The summed E-state index contributed by atoms with van der Waals surface area (Å²) in [7, 11) is 1.93. The number of aromatic nitrogens is 1. The number of hydrogen-bond acceptors (Lipinski definition) is 3. The number of aromatic carboxylic acids is 1. The topological polar surface area (TPSA) is 73.4 Å². The van der Waals surface area contributed by atoms with Gasteiger partial charge in [0.05, 0.1) is 5.56 Å². The number of pyridine rings is 1. The molecule has 15 heavy (non-hydrogen) atoms. The second-order valence-corrected chi connectivity index (χ2v) is 3.80. The van der Waals surface area contributed by atoms with E-state index in [1.54, 1.807) is 0 Å². The molecule has 5 heteroatoms. The first-order chi connectivity index (χ1) is 7.08. The Kier molecular flexibility index (Phi) is 2.32. The van der Waals surface area contributed by atoms with Gasteiger partial charge in [-0.05, 0) is 7.05 Å². The van der Waals surface area contributed by atoms with E-state index in [0.29, 0.717) is 13.0 Å². The molecule has 0 aliphatic carbocycles. The van der Waals surface area contributed by atoms with Gasteiger partial charge in [-0.1, -0.05) is 0 Å². The molecule has 1 aromatic rings. The molecule has 1 aromatic heterocycles. The molecular weight excluding hydrogens is 196 g/mol. The largest absolute Gasteiger partial charge is 0.478 e. The van der Waals surface area contributed by atoms with E-state index in [4.69, 9.17) is 5.11 Å². The Morgan fingerprint density at radius 1 is 1.60 bits per heavy atom. The molecule has 0 amide bonds. The predicted octanol–water partition coefficient (Wildman–Crippen LogP) is 0.0610. The number of aromatic amines is 1. The maximum Gasteiger partial charge on any atom is 0.336 e. The number of nitrogens with one attached hydrogen (secondary N) is 1. The molecule has 0 unspecified atom stereocenters. The number of likely N-dealkylation sites (N-methyl/N-ethyl adjacent to an activating group) is 1. The molecule has 0 bridgehead atoms. The molecule has 1 aliphatic heterocycles. The fourth-order valence-corrected chi connectivity index (χ4v) is 1.88. The van der Waals surface area contributed by atoms with Crippen LogP contribution in [0.3, 0.4) is 0 Å². The predicted molar refractivity (Wildman–Crippen MR) is 54.1 cm³/mol. The van der Waals surface area contributed by atoms with Crippen LogP contribution in [0.5, 0.6) is 0 Å². The van der Waals surface area contributed by atoms with Gasteiger partial charge in [0.25, 0.3) is 0 Å². The molecule has 2 heterocycles. The van der Waals surface area contributed by atoms with Crippen LogP contribution in [-0.4, -0.2) is 34.6 Å². The van der Waals surface area contributed by atoms with Crippen LogP contribution in [0.15, 0.2) is 10.9 Å². The van der Waals surface area contributed by atoms with E-state index < -0.39 is 5.97 Å². The molecule has 0 saturated carbocycles. The van der Waals surface area contributed by atoms with Gasteiger partial charge in [-0.15, -0.1) is 0 Å². The summed E-state index contributed by atoms with van der Waals surface area (Å²) >= 11 is 0. The summed E-state index contributed by atoms with van der Waals surface area (Å²) in [6.07, 6.45) is 0.697. The Balaban J connectivity index is 2.60. The zero-order valence-electron chi connectivity index (χ0n) is 8.41. The maximum absolute atomic E-state index is 11.2. The van der Waals surface area contributed by atoms with Gasteiger partial charge in [0.15, 0.2) is 0 Å². The number of carboxylic acids is 1. The minimum Gasteiger partial charge on any atom is -0.478 e. The lowest BCUT2D eigenvalue weighted by Crippen LogP contribution is -2.31. The van der Waals surface area contributed by atoms with Crippen LogP contribution in [0.2, 0.25) is 0 Å². The Bertz CT molecular complexity index is 464. The lowest BCUT2D eigenvalue weighted by molar-refractivity contribution is 0.0693. The van der Waals surface area contributed by atoms with E-state index in [1.165, 1.54) is 0 Å². The van der Waals surface area contributed by atoms with E-state index in [0.717, 1.165) is 23.9 Å². The fourth-order valence-electron chi connectivity index (χ4n) is 1.88. The highest BCUT2D eigenvalue weighted by Crippen LogP contribution is 2.18. The number of carbonyl (C=O) groups is 1. The molecule has 0 radical (unpaired) electrons. The molecule has 2 rings (SSSR count). The van der Waals surface area contributed by atoms with Crippen LogP contribution >= 0.6 is 0 Å². The first kappa shape index (κ1) is 9.92. The van der Waals surface area contributed by atoms with E-state index in [1.807, 2.05) is 11.9 Å². The van der Waals surface area contributed by atoms with Crippen molar-refractivity contribution < 1.29 is 9.90 Å². The second kappa shape index (κ2) is 3.51. The van der Waals surface area contributed by atoms with Crippen LogP contribution < -0.4 is 5.56 Å². The molecular formula is C10H12N2O3. The summed E-state index contributed by atoms with van der Waals surface area (Å²) in [6.45, 7) is 1.42. The van der Waals surface area contributed by atoms with Gasteiger partial charge >= 0.3 is 5.97 Å². The molecule has 2 N–H and O–H groups in total. The number of H-pyrrole nitrogens is 1. The Hall–Kier alpha value is -1.62. The Morgan fingerprint density at radius 2 is 2.33 bits per heavy atom. The average molecular weight is 208 g/mol. The van der Waals surface area contributed by atoms with Crippen molar-refractivity contribution in [3.05, 3.63) is 33.2 Å². The maximum atomic E-state index is 11.2. The van der Waals surface area contributed by atoms with Crippen LogP contribution in [0, 0.1) is 0 Å². The van der Waals surface area contributed by atoms with Crippen molar-refractivity contribution in [2.45, 2.75) is 13.0 Å². The summed E-state index contributed by atoms with van der Waals surface area (Å²) in [4.78, 5) is 26.9. The SMILES string of the molecule is CN1CCc2[nH]c(=O)cc(C(=O)O)c2C1. The van der Waals surface area contributed by atoms with Gasteiger partial charge in [-0.2, -0.15) is 0 Å². The third-order valence-electron chi connectivity index (χ3n) is 2.64. The van der Waals surface area contributed by atoms with Crippen molar-refractivity contribution in [2.24, 2.45) is 0 Å². The summed E-state index contributed by atoms with van der Waals surface area (Å²) in [5.41, 5.74) is 1.28. The van der Waals surface area contributed by atoms with Gasteiger partial charge in [-0.25, -0.2) is 4.79 Å². The van der Waals surface area contributed by atoms with Gasteiger partial charge < -0.3 is 15.0 Å². The van der Waals surface area contributed by atoms with Crippen molar-refractivity contribution in [1.82, 2.24) is 9.88 Å². The second-order valence-electron chi connectivity index (χ2n) is 3.80. The van der Waals surface area contributed by atoms with Crippen molar-refractivity contribution in [3.8, 4) is 0 Å². The Labute approximate surface area is 86.3 Å². The molecule has 0 atom stereocenters. The number of rotatable bonds is 1. The van der Waals surface area contributed by atoms with Crippen molar-refractivity contribution in [3.63, 3.8) is 0 Å². The number of fused-ring (bicyclic) bond motifs is 1. The van der Waals surface area contributed by atoms with Crippen molar-refractivity contribution in [2.75, 3.05) is 13.6 Å². The highest BCUT2D eigenvalue weighted by atomic mass is 16.4. The highest BCUT2D eigenvalue weighted by molar-refractivity contribution is 5.89. The lowest BCUT2D eigenvalue weighted by Gasteiger charge is -2.25. The molecule has 1 aliphatic rings. The third-order valence-corrected chi connectivity index (χ3v) is 2.64. The van der Waals surface area contributed by atoms with Crippen LogP contribution in [0.25, 0.3) is 0 Å². The normalized spacial score (nSPS) is 16.1. The van der Waals surface area contributed by atoms with E-state index >= 15 is 0 Å². The summed E-state index contributed by atoms with van der Waals surface area (Å²) in [5, 5.41) is 8.98. The highest BCUT2D eigenvalue weighted by Gasteiger charge is 2.20. The molecule has 5 nitrogen and oxygen atoms in total. The lowest BCUT2D eigenvalue weighted by atomic mass is 10.0. The standard InChI is InChI=1S/C10H12N2O3/c1-12-3-2-8-7(5-12)6(10(14)15)4-9(13)11-8/h4H,2-3,5H2,1H3,(H,11,13)(H,14,15). The van der Waals surface area contributed by atoms with Gasteiger partial charge in [-0.3, -0.25) is 4.79 Å². The Morgan fingerprint density at radius 3 is 3.00 bits per heavy atom. The summed E-state index contributed by atoms with van der Waals surface area (Å²) in [6, 6.07) is 1.15. The van der Waals surface area contributed by atoms with Crippen molar-refractivity contribution >= 4 is 5.97 Å². The fraction of sp³-hybridized carbons (Fsp3) is 0.400. The van der Waals surface area contributed by atoms with Gasteiger partial charge in [0.1, 0.15) is 0 Å². The number of nitrogens with zero attached hydrogens (tertiary/aromatic N) is 1. The summed E-state index contributed by atoms with van der Waals surface area (Å²) in [5.74, 6) is -1.03. The molecule has 0 aromatic carbocycles. The van der Waals surface area contributed by atoms with E-state index in [2.05, 4.69) is 4.98 Å². The minimum absolute atomic E-state index is 0.125. The average Bonchev–Trinajstić information content (AvgIpc) is 2.17. The molecule has 80 valence electrons. The smallest absolute Gasteiger partial charge is 0.336 e. The van der Waals surface area contributed by atoms with Crippen LogP contribution in [0.4, 0.5) is 0 Å². The summed E-state index contributed by atoms with van der Waals surface area (Å²) < 4.78 is 0. The van der Waals surface area contributed by atoms with Crippen LogP contribution in [0.1, 0.15) is 21.6 Å². The van der Waals surface area contributed by atoms with E-state index in [9.17, 15) is 9.59 Å². The van der Waals surface area contributed by atoms with Gasteiger partial charge in [0, 0.05) is 36.8 Å². The zero-order valence-corrected chi connectivity index (χ0v) is 8.41. The monoisotopic (exact) mass is 208 g/mol. The van der Waals surface area contributed by atoms with Crippen LogP contribution in [-0.2, 0) is 13.0 Å². The first-order valence-electron chi connectivity index (χ1n) is 4.75. The number of carboxylic acid groups (broad SMARTS) is 1. The first-order valence-corrected chi connectivity index (χ1v) is 4.75. The zero-order chi connectivity index (χ0) is 11.0. The quantitative estimate of drug-likeness (QED) is 0.684. The molecule has 0 fully saturated rings. The number of hydrogen-bond donors (Lipinski definition) is 2.